The van der Waals surface area contributed by atoms with Crippen molar-refractivity contribution in [2.24, 2.45) is 0 Å². The second kappa shape index (κ2) is 9.04. The van der Waals surface area contributed by atoms with Gasteiger partial charge in [-0.25, -0.2) is 4.98 Å². The number of amides is 1. The Balaban J connectivity index is 1.88. The number of unbranched alkanes of at least 4 members (excludes halogenated alkanes) is 3. The summed E-state index contributed by atoms with van der Waals surface area (Å²) in [6.07, 6.45) is 10.0. The monoisotopic (exact) mass is 421 g/mol. The number of carbonyl (C=O) groups is 1. The van der Waals surface area contributed by atoms with E-state index in [4.69, 9.17) is 10.4 Å². The van der Waals surface area contributed by atoms with Crippen LogP contribution >= 0.6 is 0 Å². The zero-order valence-electron chi connectivity index (χ0n) is 18.4. The molecule has 7 heteroatoms. The zero-order chi connectivity index (χ0) is 22.0. The molecule has 3 aromatic heterocycles. The molecule has 1 amide bonds. The number of rotatable bonds is 7. The Morgan fingerprint density at radius 1 is 1.23 bits per heavy atom. The van der Waals surface area contributed by atoms with E-state index in [1.165, 1.54) is 4.40 Å². The minimum atomic E-state index is -0.269. The predicted molar refractivity (Wildman–Crippen MR) is 121 cm³/mol. The molecule has 1 aliphatic carbocycles. The molecular formula is C24H31N5O2. The van der Waals surface area contributed by atoms with E-state index in [1.54, 1.807) is 16.8 Å². The van der Waals surface area contributed by atoms with Gasteiger partial charge >= 0.3 is 0 Å². The van der Waals surface area contributed by atoms with E-state index >= 15 is 0 Å². The lowest BCUT2D eigenvalue weighted by molar-refractivity contribution is 0.0935. The summed E-state index contributed by atoms with van der Waals surface area (Å²) in [4.78, 5) is 31.1. The molecule has 0 bridgehead atoms. The average molecular weight is 422 g/mol. The second-order valence-electron chi connectivity index (χ2n) is 8.61. The van der Waals surface area contributed by atoms with Crippen molar-refractivity contribution in [1.82, 2.24) is 19.3 Å². The number of aromatic nitrogens is 3. The van der Waals surface area contributed by atoms with E-state index in [1.807, 2.05) is 19.1 Å². The molecule has 1 fully saturated rings. The van der Waals surface area contributed by atoms with Gasteiger partial charge in [0.15, 0.2) is 0 Å². The Kier molecular flexibility index (Phi) is 6.20. The quantitative estimate of drug-likeness (QED) is 0.450. The van der Waals surface area contributed by atoms with Gasteiger partial charge in [-0.2, -0.15) is 0 Å². The number of aryl methyl sites for hydroxylation is 2. The number of fused-ring (bicyclic) bond motifs is 2. The standard InChI is InChI=1S/C24H31N5O2/c1-3-4-5-8-13-28-20(25)18(23(30)26-17-11-6-7-12-17)15-19-22(28)27-21-16(2)10-9-14-29(21)24(19)31/h9-10,14-15,17,25H,3-8,11-13H2,1-2H3,(H,26,30). The molecule has 0 aromatic carbocycles. The Hall–Kier alpha value is -2.96. The molecule has 1 saturated carbocycles. The van der Waals surface area contributed by atoms with Crippen molar-refractivity contribution in [1.29, 1.82) is 5.41 Å². The molecule has 0 radical (unpaired) electrons. The van der Waals surface area contributed by atoms with E-state index in [-0.39, 0.29) is 28.6 Å². The number of carbonyl (C=O) groups excluding carboxylic acids is 1. The Labute approximate surface area is 181 Å². The van der Waals surface area contributed by atoms with E-state index < -0.39 is 0 Å². The highest BCUT2D eigenvalue weighted by Gasteiger charge is 2.22. The maximum atomic E-state index is 13.3. The van der Waals surface area contributed by atoms with Crippen LogP contribution in [0.2, 0.25) is 0 Å². The number of nitrogens with zero attached hydrogens (tertiary/aromatic N) is 3. The topological polar surface area (TPSA) is 92.2 Å². The van der Waals surface area contributed by atoms with Gasteiger partial charge in [0.05, 0.1) is 10.9 Å². The fourth-order valence-corrected chi connectivity index (χ4v) is 4.52. The van der Waals surface area contributed by atoms with Gasteiger partial charge in [0.1, 0.15) is 16.8 Å². The number of hydrogen-bond donors (Lipinski definition) is 2. The summed E-state index contributed by atoms with van der Waals surface area (Å²) in [6, 6.07) is 5.46. The van der Waals surface area contributed by atoms with Crippen LogP contribution < -0.4 is 16.4 Å². The van der Waals surface area contributed by atoms with Crippen LogP contribution in [0.1, 0.15) is 74.2 Å². The number of nitrogens with one attached hydrogen (secondary N) is 2. The molecule has 164 valence electrons. The number of hydrogen-bond acceptors (Lipinski definition) is 4. The third-order valence-electron chi connectivity index (χ3n) is 6.30. The second-order valence-corrected chi connectivity index (χ2v) is 8.61. The van der Waals surface area contributed by atoms with Gasteiger partial charge in [-0.1, -0.05) is 45.1 Å². The summed E-state index contributed by atoms with van der Waals surface area (Å²) in [5.41, 5.74) is 2.14. The molecule has 0 saturated heterocycles. The summed E-state index contributed by atoms with van der Waals surface area (Å²) in [6.45, 7) is 4.64. The first-order chi connectivity index (χ1) is 15.0. The van der Waals surface area contributed by atoms with Gasteiger partial charge in [-0.05, 0) is 43.9 Å². The van der Waals surface area contributed by atoms with Gasteiger partial charge in [-0.3, -0.25) is 19.4 Å². The fraction of sp³-hybridized carbons (Fsp3) is 0.500. The van der Waals surface area contributed by atoms with Crippen LogP contribution in [0.5, 0.6) is 0 Å². The molecule has 0 spiro atoms. The van der Waals surface area contributed by atoms with Gasteiger partial charge in [0, 0.05) is 18.8 Å². The Morgan fingerprint density at radius 3 is 2.74 bits per heavy atom. The van der Waals surface area contributed by atoms with Crippen molar-refractivity contribution in [3.05, 3.63) is 51.4 Å². The molecule has 7 nitrogen and oxygen atoms in total. The molecule has 0 atom stereocenters. The number of pyridine rings is 2. The van der Waals surface area contributed by atoms with Gasteiger partial charge in [-0.15, -0.1) is 0 Å². The van der Waals surface area contributed by atoms with Crippen LogP contribution in [0.3, 0.4) is 0 Å². The Bertz CT molecular complexity index is 1230. The molecule has 2 N–H and O–H groups in total. The van der Waals surface area contributed by atoms with Crippen LogP contribution in [0.15, 0.2) is 29.2 Å². The van der Waals surface area contributed by atoms with Crippen LogP contribution in [-0.2, 0) is 6.54 Å². The minimum Gasteiger partial charge on any atom is -0.349 e. The van der Waals surface area contributed by atoms with Crippen molar-refractivity contribution in [2.45, 2.75) is 77.8 Å². The summed E-state index contributed by atoms with van der Waals surface area (Å²) in [7, 11) is 0. The average Bonchev–Trinajstić information content (AvgIpc) is 3.26. The van der Waals surface area contributed by atoms with Crippen molar-refractivity contribution < 1.29 is 4.79 Å². The van der Waals surface area contributed by atoms with Crippen molar-refractivity contribution in [3.63, 3.8) is 0 Å². The van der Waals surface area contributed by atoms with Crippen molar-refractivity contribution >= 4 is 22.6 Å². The van der Waals surface area contributed by atoms with E-state index in [0.29, 0.717) is 23.2 Å². The first-order valence-electron chi connectivity index (χ1n) is 11.4. The van der Waals surface area contributed by atoms with Crippen molar-refractivity contribution in [2.75, 3.05) is 0 Å². The highest BCUT2D eigenvalue weighted by atomic mass is 16.2. The lowest BCUT2D eigenvalue weighted by Gasteiger charge is -2.17. The molecule has 4 rings (SSSR count). The molecule has 3 aromatic rings. The van der Waals surface area contributed by atoms with E-state index in [9.17, 15) is 9.59 Å². The van der Waals surface area contributed by atoms with Gasteiger partial charge in [0.25, 0.3) is 11.5 Å². The summed E-state index contributed by atoms with van der Waals surface area (Å²) >= 11 is 0. The van der Waals surface area contributed by atoms with E-state index in [2.05, 4.69) is 12.2 Å². The first-order valence-corrected chi connectivity index (χ1v) is 11.4. The van der Waals surface area contributed by atoms with Crippen LogP contribution in [0.25, 0.3) is 16.7 Å². The highest BCUT2D eigenvalue weighted by Crippen LogP contribution is 2.19. The lowest BCUT2D eigenvalue weighted by atomic mass is 10.1. The van der Waals surface area contributed by atoms with Crippen molar-refractivity contribution in [3.8, 4) is 0 Å². The highest BCUT2D eigenvalue weighted by molar-refractivity contribution is 5.97. The van der Waals surface area contributed by atoms with E-state index in [0.717, 1.165) is 56.9 Å². The summed E-state index contributed by atoms with van der Waals surface area (Å²) < 4.78 is 3.28. The largest absolute Gasteiger partial charge is 0.349 e. The maximum Gasteiger partial charge on any atom is 0.267 e. The minimum absolute atomic E-state index is 0.129. The lowest BCUT2D eigenvalue weighted by Crippen LogP contribution is -2.38. The van der Waals surface area contributed by atoms with Crippen LogP contribution in [0, 0.1) is 12.3 Å². The molecular weight excluding hydrogens is 390 g/mol. The maximum absolute atomic E-state index is 13.3. The molecule has 1 aliphatic rings. The van der Waals surface area contributed by atoms with Gasteiger partial charge < -0.3 is 9.88 Å². The van der Waals surface area contributed by atoms with Gasteiger partial charge in [0.2, 0.25) is 0 Å². The third kappa shape index (κ3) is 4.13. The summed E-state index contributed by atoms with van der Waals surface area (Å²) in [5, 5.41) is 12.2. The smallest absolute Gasteiger partial charge is 0.267 e. The molecule has 31 heavy (non-hydrogen) atoms. The fourth-order valence-electron chi connectivity index (χ4n) is 4.52. The van der Waals surface area contributed by atoms with Crippen LogP contribution in [-0.4, -0.2) is 25.9 Å². The molecule has 0 aliphatic heterocycles. The Morgan fingerprint density at radius 2 is 2.00 bits per heavy atom. The normalized spacial score (nSPS) is 14.5. The molecule has 3 heterocycles. The molecule has 0 unspecified atom stereocenters. The predicted octanol–water partition coefficient (Wildman–Crippen LogP) is 3.69. The zero-order valence-corrected chi connectivity index (χ0v) is 18.4. The first kappa shape index (κ1) is 21.3. The van der Waals surface area contributed by atoms with Crippen LogP contribution in [0.4, 0.5) is 0 Å². The third-order valence-corrected chi connectivity index (χ3v) is 6.30. The SMILES string of the molecule is CCCCCCn1c(=N)c(C(=O)NC2CCCC2)cc2c(=O)n3cccc(C)c3nc21. The summed E-state index contributed by atoms with van der Waals surface area (Å²) in [5.74, 6) is -0.269.